The first-order valence-corrected chi connectivity index (χ1v) is 11.3. The van der Waals surface area contributed by atoms with E-state index in [9.17, 15) is 4.79 Å². The zero-order chi connectivity index (χ0) is 20.5. The molecule has 0 spiro atoms. The Balaban J connectivity index is 1.34. The van der Waals surface area contributed by atoms with Crippen molar-refractivity contribution in [2.24, 2.45) is 0 Å². The molecule has 0 bridgehead atoms. The number of amides is 1. The number of pyridine rings is 1. The fraction of sp³-hybridized carbons (Fsp3) is 0.565. The van der Waals surface area contributed by atoms with Gasteiger partial charge in [0.25, 0.3) is 5.91 Å². The SMILES string of the molecule is Cc1nccn1CCC1CCCCN1C(=O)c1cnc2c(c1)ncn2C1CCCC1. The van der Waals surface area contributed by atoms with Crippen LogP contribution in [0.4, 0.5) is 0 Å². The second-order valence-corrected chi connectivity index (χ2v) is 8.76. The number of aromatic nitrogens is 5. The highest BCUT2D eigenvalue weighted by Gasteiger charge is 2.28. The molecule has 1 unspecified atom stereocenters. The van der Waals surface area contributed by atoms with Crippen LogP contribution in [-0.2, 0) is 6.54 Å². The topological polar surface area (TPSA) is 68.8 Å². The van der Waals surface area contributed by atoms with Crippen molar-refractivity contribution >= 4 is 17.1 Å². The zero-order valence-electron chi connectivity index (χ0n) is 17.7. The average molecular weight is 407 g/mol. The quantitative estimate of drug-likeness (QED) is 0.639. The standard InChI is InChI=1S/C23H30N6O/c1-17-24-10-13-27(17)12-9-20-8-4-5-11-28(20)23(30)18-14-21-22(25-15-18)29(16-26-21)19-6-2-3-7-19/h10,13-16,19-20H,2-9,11-12H2,1H3. The van der Waals surface area contributed by atoms with Gasteiger partial charge in [-0.25, -0.2) is 15.0 Å². The smallest absolute Gasteiger partial charge is 0.255 e. The first-order chi connectivity index (χ1) is 14.7. The number of hydrogen-bond donors (Lipinski definition) is 0. The third-order valence-electron chi connectivity index (χ3n) is 6.89. The van der Waals surface area contributed by atoms with Gasteiger partial charge in [0.15, 0.2) is 5.65 Å². The molecule has 5 rings (SSSR count). The molecule has 30 heavy (non-hydrogen) atoms. The summed E-state index contributed by atoms with van der Waals surface area (Å²) >= 11 is 0. The van der Waals surface area contributed by atoms with E-state index in [0.717, 1.165) is 49.3 Å². The van der Waals surface area contributed by atoms with E-state index in [1.165, 1.54) is 32.1 Å². The lowest BCUT2D eigenvalue weighted by molar-refractivity contribution is 0.0595. The van der Waals surface area contributed by atoms with Crippen LogP contribution in [0.5, 0.6) is 0 Å². The summed E-state index contributed by atoms with van der Waals surface area (Å²) in [4.78, 5) is 29.0. The van der Waals surface area contributed by atoms with Crippen LogP contribution < -0.4 is 0 Å². The number of fused-ring (bicyclic) bond motifs is 1. The molecule has 3 aromatic rings. The van der Waals surface area contributed by atoms with Crippen LogP contribution in [0.2, 0.25) is 0 Å². The number of likely N-dealkylation sites (tertiary alicyclic amines) is 1. The predicted molar refractivity (Wildman–Crippen MR) is 115 cm³/mol. The van der Waals surface area contributed by atoms with Gasteiger partial charge in [0, 0.05) is 43.8 Å². The fourth-order valence-corrected chi connectivity index (χ4v) is 5.15. The molecule has 1 aliphatic heterocycles. The Morgan fingerprint density at radius 3 is 2.73 bits per heavy atom. The molecule has 3 aromatic heterocycles. The van der Waals surface area contributed by atoms with E-state index < -0.39 is 0 Å². The average Bonchev–Trinajstić information content (AvgIpc) is 3.52. The van der Waals surface area contributed by atoms with Gasteiger partial charge >= 0.3 is 0 Å². The third-order valence-corrected chi connectivity index (χ3v) is 6.89. The molecule has 0 radical (unpaired) electrons. The van der Waals surface area contributed by atoms with Crippen molar-refractivity contribution in [2.45, 2.75) is 76.9 Å². The number of piperidine rings is 1. The van der Waals surface area contributed by atoms with Gasteiger partial charge in [-0.3, -0.25) is 4.79 Å². The Morgan fingerprint density at radius 2 is 1.93 bits per heavy atom. The van der Waals surface area contributed by atoms with Crippen molar-refractivity contribution in [3.63, 3.8) is 0 Å². The van der Waals surface area contributed by atoms with Gasteiger partial charge in [-0.1, -0.05) is 12.8 Å². The Kier molecular flexibility index (Phi) is 5.27. The minimum absolute atomic E-state index is 0.0897. The Labute approximate surface area is 177 Å². The van der Waals surface area contributed by atoms with E-state index in [1.54, 1.807) is 6.20 Å². The van der Waals surface area contributed by atoms with Crippen molar-refractivity contribution in [3.05, 3.63) is 42.4 Å². The number of carbonyl (C=O) groups excluding carboxylic acids is 1. The van der Waals surface area contributed by atoms with Crippen LogP contribution in [0, 0.1) is 6.92 Å². The van der Waals surface area contributed by atoms with E-state index in [2.05, 4.69) is 29.0 Å². The molecule has 7 heteroatoms. The Hall–Kier alpha value is -2.70. The van der Waals surface area contributed by atoms with Gasteiger partial charge in [-0.05, 0) is 51.5 Å². The molecule has 1 aliphatic carbocycles. The maximum Gasteiger partial charge on any atom is 0.255 e. The summed E-state index contributed by atoms with van der Waals surface area (Å²) in [7, 11) is 0. The zero-order valence-corrected chi connectivity index (χ0v) is 17.7. The van der Waals surface area contributed by atoms with Crippen molar-refractivity contribution in [1.29, 1.82) is 0 Å². The molecule has 0 N–H and O–H groups in total. The lowest BCUT2D eigenvalue weighted by Gasteiger charge is -2.36. The first kappa shape index (κ1) is 19.3. The lowest BCUT2D eigenvalue weighted by atomic mass is 9.98. The van der Waals surface area contributed by atoms with Crippen LogP contribution in [-0.4, -0.2) is 47.5 Å². The van der Waals surface area contributed by atoms with E-state index >= 15 is 0 Å². The van der Waals surface area contributed by atoms with Gasteiger partial charge in [-0.15, -0.1) is 0 Å². The van der Waals surface area contributed by atoms with Crippen molar-refractivity contribution in [1.82, 2.24) is 29.0 Å². The largest absolute Gasteiger partial charge is 0.336 e. The number of carbonyl (C=O) groups is 1. The molecule has 158 valence electrons. The normalized spacial score (nSPS) is 20.3. The number of aryl methyl sites for hydroxylation is 2. The summed E-state index contributed by atoms with van der Waals surface area (Å²) < 4.78 is 4.37. The first-order valence-electron chi connectivity index (χ1n) is 11.3. The van der Waals surface area contributed by atoms with Gasteiger partial charge in [0.2, 0.25) is 0 Å². The summed E-state index contributed by atoms with van der Waals surface area (Å²) in [6, 6.07) is 2.70. The van der Waals surface area contributed by atoms with Crippen LogP contribution in [0.1, 0.15) is 73.6 Å². The minimum Gasteiger partial charge on any atom is -0.336 e. The molecule has 2 fully saturated rings. The molecule has 1 atom stereocenters. The summed E-state index contributed by atoms with van der Waals surface area (Å²) in [6.45, 7) is 3.74. The Bertz CT molecular complexity index is 1030. The minimum atomic E-state index is 0.0897. The highest BCUT2D eigenvalue weighted by Crippen LogP contribution is 2.31. The van der Waals surface area contributed by atoms with Gasteiger partial charge in [0.1, 0.15) is 11.3 Å². The second kappa shape index (κ2) is 8.20. The second-order valence-electron chi connectivity index (χ2n) is 8.76. The lowest BCUT2D eigenvalue weighted by Crippen LogP contribution is -2.44. The van der Waals surface area contributed by atoms with Crippen molar-refractivity contribution < 1.29 is 4.79 Å². The maximum atomic E-state index is 13.4. The molecular formula is C23H30N6O. The van der Waals surface area contributed by atoms with Crippen molar-refractivity contribution in [2.75, 3.05) is 6.54 Å². The highest BCUT2D eigenvalue weighted by molar-refractivity contribution is 5.96. The third kappa shape index (κ3) is 3.61. The number of hydrogen-bond acceptors (Lipinski definition) is 4. The predicted octanol–water partition coefficient (Wildman–Crippen LogP) is 4.14. The summed E-state index contributed by atoms with van der Waals surface area (Å²) in [6.07, 6.45) is 16.7. The van der Waals surface area contributed by atoms with Gasteiger partial charge in [0.05, 0.1) is 11.9 Å². The van der Waals surface area contributed by atoms with E-state index in [4.69, 9.17) is 0 Å². The van der Waals surface area contributed by atoms with E-state index in [0.29, 0.717) is 11.6 Å². The molecular weight excluding hydrogens is 376 g/mol. The molecule has 4 heterocycles. The molecule has 1 amide bonds. The van der Waals surface area contributed by atoms with Crippen LogP contribution in [0.3, 0.4) is 0 Å². The summed E-state index contributed by atoms with van der Waals surface area (Å²) in [5.74, 6) is 1.11. The van der Waals surface area contributed by atoms with E-state index in [1.807, 2.05) is 31.7 Å². The summed E-state index contributed by atoms with van der Waals surface area (Å²) in [5.41, 5.74) is 2.39. The molecule has 7 nitrogen and oxygen atoms in total. The molecule has 0 aromatic carbocycles. The fourth-order valence-electron chi connectivity index (χ4n) is 5.15. The maximum absolute atomic E-state index is 13.4. The van der Waals surface area contributed by atoms with Crippen LogP contribution in [0.25, 0.3) is 11.2 Å². The molecule has 1 saturated carbocycles. The number of rotatable bonds is 5. The number of nitrogens with zero attached hydrogens (tertiary/aromatic N) is 6. The summed E-state index contributed by atoms with van der Waals surface area (Å²) in [5, 5.41) is 0. The van der Waals surface area contributed by atoms with E-state index in [-0.39, 0.29) is 11.9 Å². The van der Waals surface area contributed by atoms with Crippen LogP contribution in [0.15, 0.2) is 31.0 Å². The van der Waals surface area contributed by atoms with Gasteiger partial charge < -0.3 is 14.0 Å². The van der Waals surface area contributed by atoms with Crippen LogP contribution >= 0.6 is 0 Å². The Morgan fingerprint density at radius 1 is 1.10 bits per heavy atom. The monoisotopic (exact) mass is 406 g/mol. The van der Waals surface area contributed by atoms with Crippen molar-refractivity contribution in [3.8, 4) is 0 Å². The number of imidazole rings is 2. The molecule has 2 aliphatic rings. The highest BCUT2D eigenvalue weighted by atomic mass is 16.2. The van der Waals surface area contributed by atoms with Gasteiger partial charge in [-0.2, -0.15) is 0 Å². The molecule has 1 saturated heterocycles.